The summed E-state index contributed by atoms with van der Waals surface area (Å²) >= 11 is 0. The van der Waals surface area contributed by atoms with Gasteiger partial charge in [0.2, 0.25) is 28.1 Å². The Morgan fingerprint density at radius 3 is 2.55 bits per heavy atom. The second-order valence-corrected chi connectivity index (χ2v) is 12.4. The van der Waals surface area contributed by atoms with Gasteiger partial charge in [0.05, 0.1) is 12.7 Å². The molecule has 1 aromatic carbocycles. The molecule has 40 heavy (non-hydrogen) atoms. The Morgan fingerprint density at radius 1 is 1.07 bits per heavy atom. The number of rotatable bonds is 5. The number of sulfonamides is 1. The molecule has 13 nitrogen and oxygen atoms in total. The van der Waals surface area contributed by atoms with Gasteiger partial charge in [0.1, 0.15) is 23.8 Å². The third-order valence-electron chi connectivity index (χ3n) is 7.63. The molecular formula is C26H31N5O8S. The van der Waals surface area contributed by atoms with Crippen molar-refractivity contribution in [3.63, 3.8) is 0 Å². The molecule has 3 aliphatic heterocycles. The molecule has 3 N–H and O–H groups in total. The molecule has 3 amide bonds. The van der Waals surface area contributed by atoms with Crippen LogP contribution in [-0.2, 0) is 29.1 Å². The highest BCUT2D eigenvalue weighted by Crippen LogP contribution is 2.28. The Labute approximate surface area is 230 Å². The molecular weight excluding hydrogens is 542 g/mol. The predicted molar refractivity (Wildman–Crippen MR) is 141 cm³/mol. The van der Waals surface area contributed by atoms with Crippen LogP contribution in [0.2, 0.25) is 0 Å². The van der Waals surface area contributed by atoms with E-state index in [0.29, 0.717) is 31.1 Å². The summed E-state index contributed by atoms with van der Waals surface area (Å²) < 4.78 is 30.9. The molecule has 0 spiro atoms. The number of esters is 1. The highest BCUT2D eigenvalue weighted by atomic mass is 32.2. The number of nitrogens with zero attached hydrogens (tertiary/aromatic N) is 3. The average Bonchev–Trinajstić information content (AvgIpc) is 3.23. The summed E-state index contributed by atoms with van der Waals surface area (Å²) in [4.78, 5) is 58.0. The Balaban J connectivity index is 1.43. The average molecular weight is 574 g/mol. The van der Waals surface area contributed by atoms with Gasteiger partial charge >= 0.3 is 5.97 Å². The van der Waals surface area contributed by atoms with Crippen molar-refractivity contribution in [1.29, 1.82) is 0 Å². The van der Waals surface area contributed by atoms with Crippen LogP contribution in [0.15, 0.2) is 36.5 Å². The lowest BCUT2D eigenvalue weighted by molar-refractivity contribution is -0.156. The summed E-state index contributed by atoms with van der Waals surface area (Å²) in [6.45, 7) is -0.302. The summed E-state index contributed by atoms with van der Waals surface area (Å²) in [5, 5.41) is 16.8. The number of nitrogens with one attached hydrogen (secondary N) is 2. The first-order valence-electron chi connectivity index (χ1n) is 13.1. The van der Waals surface area contributed by atoms with Gasteiger partial charge in [-0.25, -0.2) is 8.42 Å². The molecule has 3 fully saturated rings. The van der Waals surface area contributed by atoms with E-state index in [1.54, 1.807) is 18.2 Å². The number of carbonyl (C=O) groups is 4. The van der Waals surface area contributed by atoms with Crippen LogP contribution in [0.4, 0.5) is 0 Å². The van der Waals surface area contributed by atoms with Crippen LogP contribution in [0.1, 0.15) is 42.6 Å². The molecule has 5 atom stereocenters. The molecule has 4 heterocycles. The maximum absolute atomic E-state index is 14.0. The third-order valence-corrected chi connectivity index (χ3v) is 8.87. The summed E-state index contributed by atoms with van der Waals surface area (Å²) in [7, 11) is -3.71. The van der Waals surface area contributed by atoms with Gasteiger partial charge in [-0.3, -0.25) is 24.2 Å². The first kappa shape index (κ1) is 27.9. The lowest BCUT2D eigenvalue weighted by atomic mass is 9.94. The number of aromatic nitrogens is 1. The molecule has 5 rings (SSSR count). The van der Waals surface area contributed by atoms with E-state index in [2.05, 4.69) is 15.6 Å². The van der Waals surface area contributed by atoms with Crippen LogP contribution in [-0.4, -0.2) is 101 Å². The summed E-state index contributed by atoms with van der Waals surface area (Å²) in [5.41, 5.74) is 0.167. The zero-order valence-electron chi connectivity index (χ0n) is 21.9. The fourth-order valence-electron chi connectivity index (χ4n) is 5.62. The standard InChI is InChI=1S/C26H31N5O8S/c1-40(37,38)30-13-16-7-3-5-9-18(28-24(34)22-17-8-4-2-6-15(17)10-11-27-22)25(35)31(16)20(14-30)23(33)29-19-12-21(32)39-26(19)36/h2,4,6,8,10-11,16,18-20,26,36H,3,5,7,9,12-14H2,1H3,(H,28,34)(H,29,33). The molecule has 0 aliphatic carbocycles. The number of piperazine rings is 1. The maximum Gasteiger partial charge on any atom is 0.310 e. The number of benzene rings is 1. The van der Waals surface area contributed by atoms with Gasteiger partial charge < -0.3 is 25.4 Å². The van der Waals surface area contributed by atoms with Crippen LogP contribution >= 0.6 is 0 Å². The summed E-state index contributed by atoms with van der Waals surface area (Å²) in [5.74, 6) is -2.46. The molecule has 0 radical (unpaired) electrons. The van der Waals surface area contributed by atoms with Gasteiger partial charge in [-0.15, -0.1) is 0 Å². The smallest absolute Gasteiger partial charge is 0.310 e. The fraction of sp³-hybridized carbons (Fsp3) is 0.500. The summed E-state index contributed by atoms with van der Waals surface area (Å²) in [6.07, 6.45) is 2.78. The Bertz CT molecular complexity index is 1440. The van der Waals surface area contributed by atoms with Crippen LogP contribution in [0.3, 0.4) is 0 Å². The van der Waals surface area contributed by atoms with Gasteiger partial charge in [-0.1, -0.05) is 37.1 Å². The third kappa shape index (κ3) is 5.64. The van der Waals surface area contributed by atoms with E-state index in [1.807, 2.05) is 12.1 Å². The monoisotopic (exact) mass is 573 g/mol. The van der Waals surface area contributed by atoms with Crippen LogP contribution in [0.25, 0.3) is 10.8 Å². The topological polar surface area (TPSA) is 175 Å². The van der Waals surface area contributed by atoms with Crippen molar-refractivity contribution >= 4 is 44.5 Å². The van der Waals surface area contributed by atoms with E-state index in [-0.39, 0.29) is 25.2 Å². The Hall–Kier alpha value is -3.62. The lowest BCUT2D eigenvalue weighted by Crippen LogP contribution is -2.68. The van der Waals surface area contributed by atoms with Gasteiger partial charge in [-0.2, -0.15) is 4.31 Å². The molecule has 3 saturated heterocycles. The van der Waals surface area contributed by atoms with Gasteiger partial charge in [0.15, 0.2) is 0 Å². The number of aliphatic hydroxyl groups is 1. The van der Waals surface area contributed by atoms with Crippen molar-refractivity contribution in [3.05, 3.63) is 42.2 Å². The highest BCUT2D eigenvalue weighted by molar-refractivity contribution is 7.88. The lowest BCUT2D eigenvalue weighted by Gasteiger charge is -2.47. The number of carbonyl (C=O) groups excluding carboxylic acids is 4. The number of amides is 3. The maximum atomic E-state index is 14.0. The van der Waals surface area contributed by atoms with Crippen molar-refractivity contribution < 1.29 is 37.4 Å². The Kier molecular flexibility index (Phi) is 7.75. The normalized spacial score (nSPS) is 27.9. The van der Waals surface area contributed by atoms with Crippen LogP contribution in [0, 0.1) is 0 Å². The molecule has 214 valence electrons. The SMILES string of the molecule is CS(=O)(=O)N1CC2CCCCC(NC(=O)c3nccc4ccccc34)C(=O)N2C(C(=O)NC2CC(=O)OC2O)C1. The van der Waals surface area contributed by atoms with Gasteiger partial charge in [0, 0.05) is 30.7 Å². The second kappa shape index (κ2) is 11.1. The van der Waals surface area contributed by atoms with Crippen molar-refractivity contribution in [2.75, 3.05) is 19.3 Å². The number of hydrogen-bond donors (Lipinski definition) is 3. The molecule has 3 aliphatic rings. The first-order valence-corrected chi connectivity index (χ1v) is 15.0. The zero-order valence-corrected chi connectivity index (χ0v) is 22.7. The van der Waals surface area contributed by atoms with E-state index in [9.17, 15) is 32.7 Å². The second-order valence-electron chi connectivity index (χ2n) is 10.4. The highest BCUT2D eigenvalue weighted by Gasteiger charge is 2.47. The van der Waals surface area contributed by atoms with Crippen molar-refractivity contribution in [1.82, 2.24) is 24.8 Å². The van der Waals surface area contributed by atoms with E-state index < -0.39 is 64.2 Å². The number of ether oxygens (including phenoxy) is 1. The largest absolute Gasteiger partial charge is 0.434 e. The molecule has 14 heteroatoms. The minimum absolute atomic E-state index is 0.00749. The van der Waals surface area contributed by atoms with Gasteiger partial charge in [-0.05, 0) is 24.3 Å². The van der Waals surface area contributed by atoms with Gasteiger partial charge in [0.25, 0.3) is 5.91 Å². The minimum Gasteiger partial charge on any atom is -0.434 e. The number of pyridine rings is 1. The number of fused-ring (bicyclic) bond motifs is 2. The van der Waals surface area contributed by atoms with E-state index in [0.717, 1.165) is 15.9 Å². The fourth-order valence-corrected chi connectivity index (χ4v) is 6.47. The zero-order chi connectivity index (χ0) is 28.6. The van der Waals surface area contributed by atoms with Crippen molar-refractivity contribution in [2.45, 2.75) is 62.6 Å². The molecule has 0 saturated carbocycles. The van der Waals surface area contributed by atoms with E-state index in [1.165, 1.54) is 11.1 Å². The van der Waals surface area contributed by atoms with Crippen LogP contribution in [0.5, 0.6) is 0 Å². The van der Waals surface area contributed by atoms with E-state index in [4.69, 9.17) is 4.74 Å². The number of hydrogen-bond acceptors (Lipinski definition) is 9. The quantitative estimate of drug-likeness (QED) is 0.398. The van der Waals surface area contributed by atoms with Crippen molar-refractivity contribution in [2.24, 2.45) is 0 Å². The van der Waals surface area contributed by atoms with Crippen molar-refractivity contribution in [3.8, 4) is 0 Å². The number of cyclic esters (lactones) is 1. The summed E-state index contributed by atoms with van der Waals surface area (Å²) in [6, 6.07) is 5.15. The Morgan fingerprint density at radius 2 is 1.82 bits per heavy atom. The predicted octanol–water partition coefficient (Wildman–Crippen LogP) is -0.502. The first-order chi connectivity index (χ1) is 19.0. The number of aliphatic hydroxyl groups excluding tert-OH is 1. The minimum atomic E-state index is -3.71. The molecule has 2 aromatic rings. The van der Waals surface area contributed by atoms with Crippen LogP contribution < -0.4 is 10.6 Å². The van der Waals surface area contributed by atoms with E-state index >= 15 is 0 Å². The molecule has 1 aromatic heterocycles. The molecule has 5 unspecified atom stereocenters. The molecule has 0 bridgehead atoms.